The van der Waals surface area contributed by atoms with Gasteiger partial charge in [0.15, 0.2) is 0 Å². The van der Waals surface area contributed by atoms with Crippen LogP contribution in [0, 0.1) is 0 Å². The van der Waals surface area contributed by atoms with Crippen molar-refractivity contribution in [1.29, 1.82) is 0 Å². The van der Waals surface area contributed by atoms with Crippen LogP contribution >= 0.6 is 11.6 Å². The smallest absolute Gasteiger partial charge is 0.271 e. The number of carbonyl (C=O) groups is 2. The number of amides is 2. The second kappa shape index (κ2) is 6.65. The quantitative estimate of drug-likeness (QED) is 0.639. The third-order valence-corrected chi connectivity index (χ3v) is 4.57. The topological polar surface area (TPSA) is 40.6 Å². The molecule has 2 amide bonds. The Hall–Kier alpha value is -3.11. The average Bonchev–Trinajstić information content (AvgIpc) is 2.93. The van der Waals surface area contributed by atoms with Gasteiger partial charge in [-0.2, -0.15) is 5.01 Å². The number of hydrazine groups is 1. The molecular weight excluding hydrogens is 348 g/mol. The Labute approximate surface area is 156 Å². The summed E-state index contributed by atoms with van der Waals surface area (Å²) in [4.78, 5) is 25.8. The van der Waals surface area contributed by atoms with E-state index in [2.05, 4.69) is 0 Å². The SMILES string of the molecule is O=C1c2ccccc2C(=O)N1N(Cc1ccc(Cl)cc1)c1ccccc1. The average molecular weight is 363 g/mol. The van der Waals surface area contributed by atoms with Gasteiger partial charge >= 0.3 is 0 Å². The molecular formula is C21H15ClN2O2. The second-order valence-electron chi connectivity index (χ2n) is 5.99. The molecule has 4 rings (SSSR count). The standard InChI is InChI=1S/C21H15ClN2O2/c22-16-12-10-15(11-13-16)14-23(17-6-2-1-3-7-17)24-20(25)18-8-4-5-9-19(18)21(24)26/h1-13H,14H2. The lowest BCUT2D eigenvalue weighted by molar-refractivity contribution is 0.0631. The highest BCUT2D eigenvalue weighted by atomic mass is 35.5. The second-order valence-corrected chi connectivity index (χ2v) is 6.42. The van der Waals surface area contributed by atoms with E-state index in [1.807, 2.05) is 42.5 Å². The van der Waals surface area contributed by atoms with Crippen LogP contribution in [0.1, 0.15) is 26.3 Å². The molecule has 0 saturated heterocycles. The summed E-state index contributed by atoms with van der Waals surface area (Å²) in [5.41, 5.74) is 2.55. The number of hydrogen-bond acceptors (Lipinski definition) is 3. The van der Waals surface area contributed by atoms with Crippen LogP contribution < -0.4 is 5.01 Å². The van der Waals surface area contributed by atoms with Gasteiger partial charge in [0.2, 0.25) is 0 Å². The van der Waals surface area contributed by atoms with Crippen molar-refractivity contribution in [3.8, 4) is 0 Å². The summed E-state index contributed by atoms with van der Waals surface area (Å²) in [7, 11) is 0. The van der Waals surface area contributed by atoms with Gasteiger partial charge in [-0.25, -0.2) is 0 Å². The minimum atomic E-state index is -0.316. The Morgan fingerprint density at radius 3 is 1.85 bits per heavy atom. The zero-order valence-electron chi connectivity index (χ0n) is 13.8. The molecule has 0 radical (unpaired) electrons. The zero-order chi connectivity index (χ0) is 18.1. The van der Waals surface area contributed by atoms with E-state index in [0.717, 1.165) is 11.3 Å². The fourth-order valence-electron chi connectivity index (χ4n) is 3.04. The molecule has 0 bridgehead atoms. The third kappa shape index (κ3) is 2.85. The van der Waals surface area contributed by atoms with E-state index >= 15 is 0 Å². The predicted molar refractivity (Wildman–Crippen MR) is 101 cm³/mol. The highest BCUT2D eigenvalue weighted by molar-refractivity contribution is 6.30. The van der Waals surface area contributed by atoms with Gasteiger partial charge in [0.05, 0.1) is 23.4 Å². The highest BCUT2D eigenvalue weighted by Crippen LogP contribution is 2.29. The summed E-state index contributed by atoms with van der Waals surface area (Å²) >= 11 is 5.97. The van der Waals surface area contributed by atoms with Gasteiger partial charge in [0.1, 0.15) is 0 Å². The lowest BCUT2D eigenvalue weighted by Gasteiger charge is -2.32. The van der Waals surface area contributed by atoms with E-state index in [-0.39, 0.29) is 11.8 Å². The number of imide groups is 1. The summed E-state index contributed by atoms with van der Waals surface area (Å²) < 4.78 is 0. The summed E-state index contributed by atoms with van der Waals surface area (Å²) in [5, 5.41) is 3.56. The van der Waals surface area contributed by atoms with Gasteiger partial charge in [0, 0.05) is 5.02 Å². The first-order valence-electron chi connectivity index (χ1n) is 8.20. The molecule has 3 aromatic carbocycles. The number of halogens is 1. The molecule has 0 spiro atoms. The van der Waals surface area contributed by atoms with Crippen molar-refractivity contribution in [2.75, 3.05) is 5.01 Å². The first-order valence-corrected chi connectivity index (χ1v) is 8.58. The number of carbonyl (C=O) groups excluding carboxylic acids is 2. The molecule has 4 nitrogen and oxygen atoms in total. The molecule has 128 valence electrons. The van der Waals surface area contributed by atoms with Crippen LogP contribution in [0.2, 0.25) is 5.02 Å². The van der Waals surface area contributed by atoms with E-state index in [1.54, 1.807) is 41.4 Å². The van der Waals surface area contributed by atoms with Gasteiger partial charge in [-0.15, -0.1) is 0 Å². The molecule has 26 heavy (non-hydrogen) atoms. The number of anilines is 1. The number of para-hydroxylation sites is 1. The number of fused-ring (bicyclic) bond motifs is 1. The van der Waals surface area contributed by atoms with Gasteiger partial charge in [-0.1, -0.05) is 54.1 Å². The molecule has 3 aromatic rings. The molecule has 1 heterocycles. The molecule has 0 aliphatic carbocycles. The normalized spacial score (nSPS) is 13.0. The van der Waals surface area contributed by atoms with Gasteiger partial charge in [0.25, 0.3) is 11.8 Å². The minimum Gasteiger partial charge on any atom is -0.271 e. The van der Waals surface area contributed by atoms with Crippen molar-refractivity contribution < 1.29 is 9.59 Å². The summed E-state index contributed by atoms with van der Waals surface area (Å²) in [6, 6.07) is 23.6. The molecule has 0 N–H and O–H groups in total. The van der Waals surface area contributed by atoms with Crippen molar-refractivity contribution in [3.05, 3.63) is 101 Å². The molecule has 1 aliphatic heterocycles. The maximum atomic E-state index is 12.9. The molecule has 1 aliphatic rings. The monoisotopic (exact) mass is 362 g/mol. The first-order chi connectivity index (χ1) is 12.6. The summed E-state index contributed by atoms with van der Waals surface area (Å²) in [6.45, 7) is 0.368. The van der Waals surface area contributed by atoms with E-state index < -0.39 is 0 Å². The summed E-state index contributed by atoms with van der Waals surface area (Å²) in [6.07, 6.45) is 0. The zero-order valence-corrected chi connectivity index (χ0v) is 14.6. The van der Waals surface area contributed by atoms with E-state index in [0.29, 0.717) is 22.7 Å². The van der Waals surface area contributed by atoms with Crippen molar-refractivity contribution >= 4 is 29.1 Å². The van der Waals surface area contributed by atoms with Crippen molar-refractivity contribution in [2.45, 2.75) is 6.54 Å². The van der Waals surface area contributed by atoms with Crippen LogP contribution in [0.25, 0.3) is 0 Å². The van der Waals surface area contributed by atoms with Gasteiger partial charge < -0.3 is 0 Å². The van der Waals surface area contributed by atoms with Crippen LogP contribution in [-0.2, 0) is 6.54 Å². The molecule has 0 saturated carbocycles. The Bertz CT molecular complexity index is 936. The van der Waals surface area contributed by atoms with E-state index in [9.17, 15) is 9.59 Å². The molecule has 5 heteroatoms. The van der Waals surface area contributed by atoms with E-state index in [1.165, 1.54) is 5.01 Å². The van der Waals surface area contributed by atoms with Crippen LogP contribution in [0.15, 0.2) is 78.9 Å². The fraction of sp³-hybridized carbons (Fsp3) is 0.0476. The molecule has 0 atom stereocenters. The Kier molecular flexibility index (Phi) is 4.19. The lowest BCUT2D eigenvalue weighted by Crippen LogP contribution is -2.46. The van der Waals surface area contributed by atoms with E-state index in [4.69, 9.17) is 11.6 Å². The predicted octanol–water partition coefficient (Wildman–Crippen LogP) is 4.56. The van der Waals surface area contributed by atoms with Crippen LogP contribution in [0.5, 0.6) is 0 Å². The minimum absolute atomic E-state index is 0.316. The van der Waals surface area contributed by atoms with Gasteiger partial charge in [-0.05, 0) is 42.0 Å². The van der Waals surface area contributed by atoms with Crippen LogP contribution in [0.4, 0.5) is 5.69 Å². The first kappa shape index (κ1) is 16.4. The van der Waals surface area contributed by atoms with Crippen LogP contribution in [0.3, 0.4) is 0 Å². The Morgan fingerprint density at radius 1 is 0.731 bits per heavy atom. The van der Waals surface area contributed by atoms with Gasteiger partial charge in [-0.3, -0.25) is 14.6 Å². The number of nitrogens with zero attached hydrogens (tertiary/aromatic N) is 2. The Balaban J connectivity index is 1.75. The lowest BCUT2D eigenvalue weighted by atomic mass is 10.1. The maximum absolute atomic E-state index is 12.9. The molecule has 0 fully saturated rings. The summed E-state index contributed by atoms with van der Waals surface area (Å²) in [5.74, 6) is -0.633. The van der Waals surface area contributed by atoms with Crippen molar-refractivity contribution in [2.24, 2.45) is 0 Å². The van der Waals surface area contributed by atoms with Crippen molar-refractivity contribution in [3.63, 3.8) is 0 Å². The third-order valence-electron chi connectivity index (χ3n) is 4.31. The highest BCUT2D eigenvalue weighted by Gasteiger charge is 2.39. The number of rotatable bonds is 4. The fourth-order valence-corrected chi connectivity index (χ4v) is 3.16. The largest absolute Gasteiger partial charge is 0.280 e. The maximum Gasteiger partial charge on any atom is 0.280 e. The number of hydrogen-bond donors (Lipinski definition) is 0. The molecule has 0 aromatic heterocycles. The van der Waals surface area contributed by atoms with Crippen molar-refractivity contribution in [1.82, 2.24) is 5.01 Å². The number of benzene rings is 3. The Morgan fingerprint density at radius 2 is 1.27 bits per heavy atom. The molecule has 0 unspecified atom stereocenters. The van der Waals surface area contributed by atoms with Crippen LogP contribution in [-0.4, -0.2) is 16.8 Å².